The number of guanidine groups is 1. The van der Waals surface area contributed by atoms with Crippen molar-refractivity contribution in [2.45, 2.75) is 39.3 Å². The Balaban J connectivity index is 0.00000338. The van der Waals surface area contributed by atoms with Crippen molar-refractivity contribution in [2.75, 3.05) is 19.6 Å². The molecule has 2 rings (SSSR count). The number of halogens is 1. The predicted molar refractivity (Wildman–Crippen MR) is 114 cm³/mol. The molecule has 1 aliphatic heterocycles. The summed E-state index contributed by atoms with van der Waals surface area (Å²) in [6, 6.07) is 7.33. The topological polar surface area (TPSA) is 99.8 Å². The van der Waals surface area contributed by atoms with E-state index in [0.717, 1.165) is 31.0 Å². The highest BCUT2D eigenvalue weighted by Crippen LogP contribution is 2.10. The minimum absolute atomic E-state index is 0. The van der Waals surface area contributed by atoms with Gasteiger partial charge in [-0.3, -0.25) is 9.59 Å². The number of nitrogens with zero attached hydrogens (tertiary/aromatic N) is 2. The lowest BCUT2D eigenvalue weighted by molar-refractivity contribution is -0.129. The fraction of sp³-hybridized carbons (Fsp3) is 0.500. The van der Waals surface area contributed by atoms with E-state index >= 15 is 0 Å². The summed E-state index contributed by atoms with van der Waals surface area (Å²) in [5, 5.41) is 6.63. The zero-order valence-electron chi connectivity index (χ0n) is 15.3. The summed E-state index contributed by atoms with van der Waals surface area (Å²) in [6.07, 6.45) is 1.46. The van der Waals surface area contributed by atoms with Crippen molar-refractivity contribution in [3.63, 3.8) is 0 Å². The Kier molecular flexibility index (Phi) is 9.39. The Hall–Kier alpha value is -1.84. The molecule has 1 saturated heterocycles. The van der Waals surface area contributed by atoms with Gasteiger partial charge in [0.1, 0.15) is 0 Å². The molecule has 2 amide bonds. The largest absolute Gasteiger partial charge is 0.366 e. The van der Waals surface area contributed by atoms with Crippen LogP contribution in [0.2, 0.25) is 0 Å². The van der Waals surface area contributed by atoms with Crippen LogP contribution in [-0.2, 0) is 11.3 Å². The molecule has 0 spiro atoms. The molecule has 26 heavy (non-hydrogen) atoms. The molecule has 8 heteroatoms. The van der Waals surface area contributed by atoms with Crippen LogP contribution in [0.3, 0.4) is 0 Å². The van der Waals surface area contributed by atoms with Crippen LogP contribution in [0.1, 0.15) is 42.6 Å². The molecule has 0 aromatic heterocycles. The molecule has 1 unspecified atom stereocenters. The average molecular weight is 473 g/mol. The predicted octanol–water partition coefficient (Wildman–Crippen LogP) is 1.47. The molecule has 7 nitrogen and oxygen atoms in total. The first-order valence-corrected chi connectivity index (χ1v) is 8.74. The Bertz CT molecular complexity index is 633. The summed E-state index contributed by atoms with van der Waals surface area (Å²) < 4.78 is 0. The van der Waals surface area contributed by atoms with Gasteiger partial charge in [-0.05, 0) is 31.0 Å². The van der Waals surface area contributed by atoms with E-state index in [-0.39, 0.29) is 35.9 Å². The number of hydrogen-bond donors (Lipinski definition) is 3. The highest BCUT2D eigenvalue weighted by molar-refractivity contribution is 14.0. The Labute approximate surface area is 171 Å². The number of aliphatic imine (C=N–C) groups is 1. The molecule has 0 saturated carbocycles. The standard InChI is InChI=1S/C18H27N5O2.HI/c1-3-16(24)23-10-9-15(12-23)22-18(20-4-2)21-11-13-5-7-14(8-6-13)17(19)25;/h5-8,15H,3-4,9-12H2,1-2H3,(H2,19,25)(H2,20,21,22);1H. The summed E-state index contributed by atoms with van der Waals surface area (Å²) in [6.45, 7) is 6.66. The van der Waals surface area contributed by atoms with Crippen molar-refractivity contribution in [1.29, 1.82) is 0 Å². The number of carbonyl (C=O) groups excluding carboxylic acids is 2. The SMILES string of the molecule is CCNC(=NCc1ccc(C(N)=O)cc1)NC1CCN(C(=O)CC)C1.I. The lowest BCUT2D eigenvalue weighted by atomic mass is 10.1. The Morgan fingerprint density at radius 3 is 2.54 bits per heavy atom. The summed E-state index contributed by atoms with van der Waals surface area (Å²) >= 11 is 0. The first kappa shape index (κ1) is 22.2. The molecule has 4 N–H and O–H groups in total. The zero-order chi connectivity index (χ0) is 18.2. The van der Waals surface area contributed by atoms with Crippen molar-refractivity contribution in [3.05, 3.63) is 35.4 Å². The maximum absolute atomic E-state index is 11.8. The van der Waals surface area contributed by atoms with Crippen molar-refractivity contribution in [2.24, 2.45) is 10.7 Å². The monoisotopic (exact) mass is 473 g/mol. The van der Waals surface area contributed by atoms with Crippen LogP contribution in [0.25, 0.3) is 0 Å². The highest BCUT2D eigenvalue weighted by atomic mass is 127. The molecular weight excluding hydrogens is 445 g/mol. The highest BCUT2D eigenvalue weighted by Gasteiger charge is 2.25. The number of amides is 2. The van der Waals surface area contributed by atoms with Gasteiger partial charge in [0.25, 0.3) is 0 Å². The number of benzene rings is 1. The Morgan fingerprint density at radius 1 is 1.27 bits per heavy atom. The maximum Gasteiger partial charge on any atom is 0.248 e. The van der Waals surface area contributed by atoms with Crippen LogP contribution in [0.5, 0.6) is 0 Å². The zero-order valence-corrected chi connectivity index (χ0v) is 17.7. The molecule has 1 aromatic carbocycles. The molecular formula is C18H28IN5O2. The van der Waals surface area contributed by atoms with Gasteiger partial charge in [-0.1, -0.05) is 19.1 Å². The van der Waals surface area contributed by atoms with Gasteiger partial charge in [0, 0.05) is 37.7 Å². The van der Waals surface area contributed by atoms with E-state index in [2.05, 4.69) is 15.6 Å². The molecule has 0 bridgehead atoms. The third kappa shape index (κ3) is 6.47. The van der Waals surface area contributed by atoms with Gasteiger partial charge in [0.15, 0.2) is 5.96 Å². The molecule has 0 radical (unpaired) electrons. The number of nitrogens with one attached hydrogen (secondary N) is 2. The molecule has 1 atom stereocenters. The van der Waals surface area contributed by atoms with Crippen molar-refractivity contribution >= 4 is 41.8 Å². The van der Waals surface area contributed by atoms with Crippen LogP contribution in [0, 0.1) is 0 Å². The van der Waals surface area contributed by atoms with Crippen LogP contribution < -0.4 is 16.4 Å². The minimum atomic E-state index is -0.433. The second-order valence-electron chi connectivity index (χ2n) is 6.08. The summed E-state index contributed by atoms with van der Waals surface area (Å²) in [5.74, 6) is 0.496. The quantitative estimate of drug-likeness (QED) is 0.331. The maximum atomic E-state index is 11.8. The van der Waals surface area contributed by atoms with E-state index in [4.69, 9.17) is 5.73 Å². The summed E-state index contributed by atoms with van der Waals surface area (Å²) in [4.78, 5) is 29.4. The van der Waals surface area contributed by atoms with E-state index in [1.807, 2.05) is 30.9 Å². The number of primary amides is 1. The van der Waals surface area contributed by atoms with Gasteiger partial charge in [-0.25, -0.2) is 4.99 Å². The normalized spacial score (nSPS) is 16.8. The first-order chi connectivity index (χ1) is 12.0. The lowest BCUT2D eigenvalue weighted by Crippen LogP contribution is -2.45. The van der Waals surface area contributed by atoms with Gasteiger partial charge in [0.05, 0.1) is 6.54 Å². The van der Waals surface area contributed by atoms with Crippen LogP contribution in [0.15, 0.2) is 29.3 Å². The number of rotatable bonds is 6. The van der Waals surface area contributed by atoms with E-state index in [0.29, 0.717) is 25.1 Å². The number of hydrogen-bond acceptors (Lipinski definition) is 3. The average Bonchev–Trinajstić information content (AvgIpc) is 3.08. The number of likely N-dealkylation sites (tertiary alicyclic amines) is 1. The lowest BCUT2D eigenvalue weighted by Gasteiger charge is -2.18. The second kappa shape index (κ2) is 11.0. The van der Waals surface area contributed by atoms with Crippen molar-refractivity contribution < 1.29 is 9.59 Å². The second-order valence-corrected chi connectivity index (χ2v) is 6.08. The molecule has 0 aliphatic carbocycles. The van der Waals surface area contributed by atoms with Gasteiger partial charge < -0.3 is 21.3 Å². The molecule has 1 heterocycles. The number of nitrogens with two attached hydrogens (primary N) is 1. The van der Waals surface area contributed by atoms with Gasteiger partial charge in [0.2, 0.25) is 11.8 Å². The third-order valence-corrected chi connectivity index (χ3v) is 4.19. The van der Waals surface area contributed by atoms with Gasteiger partial charge >= 0.3 is 0 Å². The summed E-state index contributed by atoms with van der Waals surface area (Å²) in [5.41, 5.74) is 6.73. The Morgan fingerprint density at radius 2 is 1.96 bits per heavy atom. The first-order valence-electron chi connectivity index (χ1n) is 8.74. The van der Waals surface area contributed by atoms with Crippen LogP contribution in [0.4, 0.5) is 0 Å². The number of carbonyl (C=O) groups is 2. The fourth-order valence-corrected chi connectivity index (χ4v) is 2.79. The van der Waals surface area contributed by atoms with Gasteiger partial charge in [-0.15, -0.1) is 24.0 Å². The fourth-order valence-electron chi connectivity index (χ4n) is 2.79. The van der Waals surface area contributed by atoms with Crippen LogP contribution in [-0.4, -0.2) is 48.3 Å². The van der Waals surface area contributed by atoms with Crippen molar-refractivity contribution in [1.82, 2.24) is 15.5 Å². The van der Waals surface area contributed by atoms with E-state index in [1.54, 1.807) is 12.1 Å². The smallest absolute Gasteiger partial charge is 0.248 e. The van der Waals surface area contributed by atoms with E-state index in [1.165, 1.54) is 0 Å². The molecule has 1 aromatic rings. The van der Waals surface area contributed by atoms with Crippen LogP contribution >= 0.6 is 24.0 Å². The molecule has 1 aliphatic rings. The molecule has 1 fully saturated rings. The van der Waals surface area contributed by atoms with Crippen molar-refractivity contribution in [3.8, 4) is 0 Å². The van der Waals surface area contributed by atoms with E-state index < -0.39 is 5.91 Å². The molecule has 144 valence electrons. The van der Waals surface area contributed by atoms with E-state index in [9.17, 15) is 9.59 Å². The third-order valence-electron chi connectivity index (χ3n) is 4.19. The summed E-state index contributed by atoms with van der Waals surface area (Å²) in [7, 11) is 0. The van der Waals surface area contributed by atoms with Gasteiger partial charge in [-0.2, -0.15) is 0 Å². The minimum Gasteiger partial charge on any atom is -0.366 e.